The van der Waals surface area contributed by atoms with Gasteiger partial charge >= 0.3 is 0 Å². The summed E-state index contributed by atoms with van der Waals surface area (Å²) in [4.78, 5) is 65.1. The van der Waals surface area contributed by atoms with E-state index >= 15 is 0 Å². The van der Waals surface area contributed by atoms with E-state index in [4.69, 9.17) is 4.98 Å². The molecule has 1 aromatic heterocycles. The lowest BCUT2D eigenvalue weighted by Gasteiger charge is -2.38. The third-order valence-electron chi connectivity index (χ3n) is 10.7. The Morgan fingerprint density at radius 2 is 1.64 bits per heavy atom. The molecule has 1 atom stereocenters. The molecule has 0 radical (unpaired) electrons. The number of benzene rings is 1. The predicted molar refractivity (Wildman–Crippen MR) is 183 cm³/mol. The summed E-state index contributed by atoms with van der Waals surface area (Å²) in [7, 11) is 0. The molecule has 4 amide bonds. The Kier molecular flexibility index (Phi) is 11.5. The van der Waals surface area contributed by atoms with Crippen LogP contribution in [0, 0.1) is 12.7 Å². The highest BCUT2D eigenvalue weighted by Crippen LogP contribution is 2.35. The molecule has 2 aromatic rings. The quantitative estimate of drug-likeness (QED) is 0.485. The van der Waals surface area contributed by atoms with E-state index in [0.29, 0.717) is 82.5 Å². The lowest BCUT2D eigenvalue weighted by Crippen LogP contribution is -2.53. The fourth-order valence-corrected chi connectivity index (χ4v) is 8.80. The highest BCUT2D eigenvalue weighted by Gasteiger charge is 2.38. The molecular formula is C36H47F3N6O4S. The van der Waals surface area contributed by atoms with Gasteiger partial charge in [-0.1, -0.05) is 0 Å². The number of thiazole rings is 1. The fraction of sp³-hybridized carbons (Fsp3) is 0.639. The number of halogens is 3. The average molecular weight is 717 g/mol. The Hall–Kier alpha value is -3.52. The van der Waals surface area contributed by atoms with Crippen LogP contribution < -0.4 is 10.6 Å². The van der Waals surface area contributed by atoms with Crippen LogP contribution in [0.5, 0.6) is 0 Å². The number of carbonyl (C=O) groups excluding carboxylic acids is 4. The summed E-state index contributed by atoms with van der Waals surface area (Å²) >= 11 is 1.58. The maximum absolute atomic E-state index is 13.9. The topological polar surface area (TPSA) is 115 Å². The minimum absolute atomic E-state index is 0.0229. The molecule has 272 valence electrons. The van der Waals surface area contributed by atoms with E-state index in [0.717, 1.165) is 22.7 Å². The van der Waals surface area contributed by atoms with E-state index in [-0.39, 0.29) is 67.4 Å². The van der Waals surface area contributed by atoms with Gasteiger partial charge in [-0.3, -0.25) is 19.2 Å². The van der Waals surface area contributed by atoms with Crippen LogP contribution in [0.3, 0.4) is 0 Å². The second-order valence-electron chi connectivity index (χ2n) is 14.2. The van der Waals surface area contributed by atoms with Gasteiger partial charge in [-0.05, 0) is 82.6 Å². The van der Waals surface area contributed by atoms with Crippen LogP contribution in [-0.2, 0) is 20.8 Å². The van der Waals surface area contributed by atoms with Gasteiger partial charge < -0.3 is 25.3 Å². The summed E-state index contributed by atoms with van der Waals surface area (Å²) in [6.45, 7) is 4.06. The van der Waals surface area contributed by atoms with Gasteiger partial charge in [0.05, 0.1) is 29.7 Å². The molecule has 7 rings (SSSR count). The Bertz CT molecular complexity index is 1530. The molecule has 5 heterocycles. The second-order valence-corrected chi connectivity index (χ2v) is 15.5. The predicted octanol–water partition coefficient (Wildman–Crippen LogP) is 4.42. The summed E-state index contributed by atoms with van der Waals surface area (Å²) < 4.78 is 41.1. The molecule has 2 N–H and O–H groups in total. The monoisotopic (exact) mass is 716 g/mol. The van der Waals surface area contributed by atoms with Crippen molar-refractivity contribution < 1.29 is 32.3 Å². The maximum Gasteiger partial charge on any atom is 0.253 e. The Balaban J connectivity index is 1.16. The molecular weight excluding hydrogens is 669 g/mol. The number of piperidine rings is 2. The van der Waals surface area contributed by atoms with E-state index < -0.39 is 17.8 Å². The molecule has 1 saturated carbocycles. The summed E-state index contributed by atoms with van der Waals surface area (Å²) in [5, 5.41) is 7.29. The molecule has 3 fully saturated rings. The second kappa shape index (κ2) is 15.8. The zero-order valence-corrected chi connectivity index (χ0v) is 29.4. The van der Waals surface area contributed by atoms with Crippen LogP contribution in [0.1, 0.15) is 96.1 Å². The van der Waals surface area contributed by atoms with Crippen LogP contribution in [0.4, 0.5) is 13.2 Å². The van der Waals surface area contributed by atoms with Crippen molar-refractivity contribution in [3.05, 3.63) is 51.2 Å². The zero-order chi connectivity index (χ0) is 35.4. The molecule has 4 bridgehead atoms. The molecule has 10 nitrogen and oxygen atoms in total. The van der Waals surface area contributed by atoms with Crippen LogP contribution in [-0.4, -0.2) is 107 Å². The number of nitrogens with zero attached hydrogens (tertiary/aromatic N) is 4. The SMILES string of the molecule is Cc1sc2nc1CC(=O)N(C1CCN(C(=O)c3ccc(F)cc3)CC1)CC(=O)NCCC[C@H](NC1CCC(F)(F)CC1)C(=O)N1CCC2CC1. The molecule has 4 aliphatic heterocycles. The summed E-state index contributed by atoms with van der Waals surface area (Å²) in [5.41, 5.74) is 1.10. The van der Waals surface area contributed by atoms with Crippen molar-refractivity contribution in [2.75, 3.05) is 39.3 Å². The molecule has 1 aromatic carbocycles. The first-order valence-corrected chi connectivity index (χ1v) is 18.8. The Labute approximate surface area is 295 Å². The van der Waals surface area contributed by atoms with Crippen molar-refractivity contribution in [1.29, 1.82) is 0 Å². The number of hydrogen-bond acceptors (Lipinski definition) is 7. The third-order valence-corrected chi connectivity index (χ3v) is 11.9. The number of carbonyl (C=O) groups is 4. The number of rotatable bonds is 4. The minimum atomic E-state index is -2.66. The van der Waals surface area contributed by atoms with Gasteiger partial charge in [0.25, 0.3) is 5.91 Å². The normalized spacial score (nSPS) is 23.9. The maximum atomic E-state index is 13.9. The summed E-state index contributed by atoms with van der Waals surface area (Å²) in [5.74, 6) is -3.62. The van der Waals surface area contributed by atoms with E-state index in [1.165, 1.54) is 24.3 Å². The third kappa shape index (κ3) is 8.85. The highest BCUT2D eigenvalue weighted by molar-refractivity contribution is 7.11. The van der Waals surface area contributed by atoms with Gasteiger partial charge in [0.2, 0.25) is 23.6 Å². The number of alkyl halides is 2. The smallest absolute Gasteiger partial charge is 0.253 e. The Morgan fingerprint density at radius 3 is 2.32 bits per heavy atom. The first-order valence-electron chi connectivity index (χ1n) is 18.0. The standard InChI is InChI=1S/C36H47F3N6O4S/c1-23-30-21-32(47)45(28-12-19-43(20-13-28)34(48)25-4-6-26(37)7-5-25)22-31(46)40-16-2-3-29(41-27-8-14-36(38,39)15-9-27)35(49)44-17-10-24(11-18-44)33(42-30)50-23/h4-7,24,27-29,41H,2-3,8-22H2,1H3,(H,40,46)/t29-/m0/s1. The van der Waals surface area contributed by atoms with E-state index in [1.807, 2.05) is 11.8 Å². The van der Waals surface area contributed by atoms with Crippen LogP contribution in [0.2, 0.25) is 0 Å². The van der Waals surface area contributed by atoms with Gasteiger partial charge in [-0.2, -0.15) is 0 Å². The van der Waals surface area contributed by atoms with Crippen molar-refractivity contribution in [3.8, 4) is 0 Å². The number of aromatic nitrogens is 1. The lowest BCUT2D eigenvalue weighted by molar-refractivity contribution is -0.138. The first-order chi connectivity index (χ1) is 24.0. The Morgan fingerprint density at radius 1 is 0.960 bits per heavy atom. The highest BCUT2D eigenvalue weighted by atomic mass is 32.1. The van der Waals surface area contributed by atoms with Crippen LogP contribution >= 0.6 is 11.3 Å². The molecule has 50 heavy (non-hydrogen) atoms. The number of aryl methyl sites for hydroxylation is 1. The number of nitrogens with one attached hydrogen (secondary N) is 2. The van der Waals surface area contributed by atoms with Crippen molar-refractivity contribution in [1.82, 2.24) is 30.3 Å². The van der Waals surface area contributed by atoms with Crippen LogP contribution in [0.15, 0.2) is 24.3 Å². The molecule has 14 heteroatoms. The number of amides is 4. The molecule has 1 aliphatic carbocycles. The largest absolute Gasteiger partial charge is 0.355 e. The summed E-state index contributed by atoms with van der Waals surface area (Å²) in [6, 6.07) is 4.49. The zero-order valence-electron chi connectivity index (χ0n) is 28.6. The molecule has 0 spiro atoms. The number of fused-ring (bicyclic) bond motifs is 12. The molecule has 2 saturated heterocycles. The van der Waals surface area contributed by atoms with Gasteiger partial charge in [0.15, 0.2) is 0 Å². The van der Waals surface area contributed by atoms with Gasteiger partial charge in [-0.25, -0.2) is 18.2 Å². The van der Waals surface area contributed by atoms with Crippen LogP contribution in [0.25, 0.3) is 0 Å². The fourth-order valence-electron chi connectivity index (χ4n) is 7.69. The lowest BCUT2D eigenvalue weighted by atomic mass is 9.91. The van der Waals surface area contributed by atoms with Crippen molar-refractivity contribution in [2.45, 2.75) is 108 Å². The van der Waals surface area contributed by atoms with E-state index in [2.05, 4.69) is 10.6 Å². The van der Waals surface area contributed by atoms with Crippen molar-refractivity contribution >= 4 is 35.0 Å². The average Bonchev–Trinajstić information content (AvgIpc) is 3.48. The van der Waals surface area contributed by atoms with Crippen molar-refractivity contribution in [2.24, 2.45) is 0 Å². The van der Waals surface area contributed by atoms with Gasteiger partial charge in [0, 0.05) is 74.0 Å². The first kappa shape index (κ1) is 36.3. The van der Waals surface area contributed by atoms with Crippen molar-refractivity contribution in [3.63, 3.8) is 0 Å². The van der Waals surface area contributed by atoms with E-state index in [9.17, 15) is 32.3 Å². The number of likely N-dealkylation sites (tertiary alicyclic amines) is 1. The van der Waals surface area contributed by atoms with E-state index in [1.54, 1.807) is 21.1 Å². The number of hydrogen-bond donors (Lipinski definition) is 2. The minimum Gasteiger partial charge on any atom is -0.355 e. The summed E-state index contributed by atoms with van der Waals surface area (Å²) in [6.07, 6.45) is 3.76. The molecule has 5 aliphatic rings. The molecule has 0 unspecified atom stereocenters. The van der Waals surface area contributed by atoms with Gasteiger partial charge in [-0.15, -0.1) is 11.3 Å². The van der Waals surface area contributed by atoms with Gasteiger partial charge in [0.1, 0.15) is 5.82 Å².